The molecule has 1 radical (unpaired) electrons. The molecule has 401 valence electrons. The van der Waals surface area contributed by atoms with Crippen LogP contribution < -0.4 is 26.6 Å². The second-order valence-electron chi connectivity index (χ2n) is 16.8. The van der Waals surface area contributed by atoms with Crippen molar-refractivity contribution in [1.29, 1.82) is 0 Å². The maximum atomic E-state index is 12.6. The summed E-state index contributed by atoms with van der Waals surface area (Å²) in [4.78, 5) is 131. The fourth-order valence-electron chi connectivity index (χ4n) is 6.87. The van der Waals surface area contributed by atoms with E-state index < -0.39 is 122 Å². The van der Waals surface area contributed by atoms with Crippen LogP contribution in [0, 0.1) is 0 Å². The number of unbranched alkanes of at least 4 members (excludes halogenated alkanes) is 14. The van der Waals surface area contributed by atoms with Crippen molar-refractivity contribution < 1.29 is 96.8 Å². The van der Waals surface area contributed by atoms with Crippen molar-refractivity contribution in [2.75, 3.05) is 6.54 Å². The van der Waals surface area contributed by atoms with Crippen molar-refractivity contribution in [1.82, 2.24) is 26.6 Å². The van der Waals surface area contributed by atoms with Gasteiger partial charge >= 0.3 is 29.8 Å². The summed E-state index contributed by atoms with van der Waals surface area (Å²) in [5, 5.41) is 58.5. The Balaban J connectivity index is -0.0000147. The molecule has 0 rings (SSSR count). The van der Waals surface area contributed by atoms with Crippen LogP contribution in [0.3, 0.4) is 0 Å². The third kappa shape index (κ3) is 39.7. The van der Waals surface area contributed by atoms with E-state index >= 15 is 0 Å². The van der Waals surface area contributed by atoms with Crippen molar-refractivity contribution in [3.8, 4) is 0 Å². The van der Waals surface area contributed by atoms with E-state index in [4.69, 9.17) is 10.8 Å². The standard InChI is InChI=1S/C45H75N6O16.C2H6.V/c1-30(52)31(46)18-16-17-29-47-36(53)25-21-32(42(60)61)49-38(55)27-23-34(44(64)65)51-40(57)28-24-35(45(66)67)50-39(56)26-22-33(43(62)63)48-37(54)19-14-12-10-8-6-4-2-3-5-7-9-11-13-15-20-41(58)59;1-2;/h31-35,46H,2-29H2,1H3,(H,47,53)(H,48,54)(H,49,55)(H,50,56)(H,51,57)(H,58,59)(H,60,61)(H,62,63)(H,64,65)(H,66,67);1-2H3;/q-1;;/t31-,32-,33-,34-,35-;;/m0../s1. The Labute approximate surface area is 423 Å². The first-order valence-electron chi connectivity index (χ1n) is 24.5. The summed E-state index contributed by atoms with van der Waals surface area (Å²) in [5.41, 5.74) is 7.58. The molecule has 0 spiro atoms. The van der Waals surface area contributed by atoms with Crippen LogP contribution in [-0.2, 0) is 71.3 Å². The van der Waals surface area contributed by atoms with Crippen LogP contribution in [0.25, 0.3) is 5.73 Å². The van der Waals surface area contributed by atoms with E-state index in [9.17, 15) is 73.2 Å². The zero-order chi connectivity index (χ0) is 52.6. The van der Waals surface area contributed by atoms with E-state index in [1.54, 1.807) is 0 Å². The van der Waals surface area contributed by atoms with Crippen LogP contribution in [0.15, 0.2) is 0 Å². The normalized spacial score (nSPS) is 12.7. The number of amides is 5. The molecule has 23 heteroatoms. The van der Waals surface area contributed by atoms with Crippen LogP contribution in [0.5, 0.6) is 0 Å². The smallest absolute Gasteiger partial charge is 0.326 e. The Morgan fingerprint density at radius 3 is 0.929 bits per heavy atom. The molecule has 0 fully saturated rings. The second kappa shape index (κ2) is 43.9. The van der Waals surface area contributed by atoms with Gasteiger partial charge in [0.1, 0.15) is 30.0 Å². The molecule has 22 nitrogen and oxygen atoms in total. The number of Topliss-reactive ketones (excluding diaryl/α,β-unsaturated/α-hetero) is 1. The monoisotopic (exact) mass is 1040 g/mol. The zero-order valence-corrected chi connectivity index (χ0v) is 42.8. The summed E-state index contributed by atoms with van der Waals surface area (Å²) >= 11 is 0. The summed E-state index contributed by atoms with van der Waals surface area (Å²) < 4.78 is 0. The van der Waals surface area contributed by atoms with Gasteiger partial charge in [0.05, 0.1) is 0 Å². The SMILES string of the molecule is CC.CC(=O)[C@@H]([NH-])CCCCNC(=O)CC[C@H](NC(=O)CC[C@H](NC(=O)CC[C@H](NC(=O)CC[C@H](NC(=O)CCCCCCCCCCCCCCCCC(=O)O)C(=O)O)C(=O)O)C(=O)O)C(=O)O.[V]. The molecular weight excluding hydrogens is 955 g/mol. The van der Waals surface area contributed by atoms with Gasteiger partial charge in [-0.25, -0.2) is 19.2 Å². The molecule has 0 aromatic heterocycles. The zero-order valence-electron chi connectivity index (χ0n) is 41.4. The summed E-state index contributed by atoms with van der Waals surface area (Å²) in [7, 11) is 0. The Kier molecular flexibility index (Phi) is 43.4. The van der Waals surface area contributed by atoms with Gasteiger partial charge in [-0.3, -0.25) is 28.8 Å². The van der Waals surface area contributed by atoms with Gasteiger partial charge in [0, 0.05) is 63.6 Å². The number of carbonyl (C=O) groups excluding carboxylic acids is 6. The van der Waals surface area contributed by atoms with Gasteiger partial charge in [-0.2, -0.15) is 0 Å². The predicted octanol–water partition coefficient (Wildman–Crippen LogP) is 5.03. The topological polar surface area (TPSA) is 373 Å². The molecule has 5 amide bonds. The largest absolute Gasteiger partial charge is 0.668 e. The van der Waals surface area contributed by atoms with Crippen molar-refractivity contribution in [3.05, 3.63) is 5.73 Å². The third-order valence-electron chi connectivity index (χ3n) is 11.0. The molecule has 0 aliphatic rings. The number of carboxylic acid groups (broad SMARTS) is 5. The van der Waals surface area contributed by atoms with E-state index in [1.807, 2.05) is 13.8 Å². The fourth-order valence-corrected chi connectivity index (χ4v) is 6.87. The van der Waals surface area contributed by atoms with E-state index in [0.29, 0.717) is 25.7 Å². The van der Waals surface area contributed by atoms with Crippen molar-refractivity contribution in [3.63, 3.8) is 0 Å². The molecule has 0 aromatic rings. The second-order valence-corrected chi connectivity index (χ2v) is 16.8. The van der Waals surface area contributed by atoms with Crippen LogP contribution in [-0.4, -0.2) is 127 Å². The summed E-state index contributed by atoms with van der Waals surface area (Å²) in [6.07, 6.45) is 12.3. The van der Waals surface area contributed by atoms with Crippen LogP contribution >= 0.6 is 0 Å². The predicted molar refractivity (Wildman–Crippen MR) is 254 cm³/mol. The number of carbonyl (C=O) groups is 11. The van der Waals surface area contributed by atoms with Crippen LogP contribution in [0.1, 0.15) is 194 Å². The minimum Gasteiger partial charge on any atom is -0.668 e. The molecule has 0 saturated carbocycles. The average Bonchev–Trinajstić information content (AvgIpc) is 3.28. The van der Waals surface area contributed by atoms with E-state index in [-0.39, 0.29) is 63.0 Å². The molecule has 0 saturated heterocycles. The van der Waals surface area contributed by atoms with Crippen molar-refractivity contribution in [2.24, 2.45) is 0 Å². The molecule has 0 unspecified atom stereocenters. The molecule has 0 aliphatic heterocycles. The number of aliphatic carboxylic acids is 5. The molecular formula is C47H81N6O16V-. The first kappa shape index (κ1) is 69.2. The van der Waals surface area contributed by atoms with Gasteiger partial charge < -0.3 is 62.6 Å². The summed E-state index contributed by atoms with van der Waals surface area (Å²) in [6.45, 7) is 5.56. The number of hydrogen-bond donors (Lipinski definition) is 10. The van der Waals surface area contributed by atoms with Gasteiger partial charge in [-0.1, -0.05) is 110 Å². The van der Waals surface area contributed by atoms with Gasteiger partial charge in [0.2, 0.25) is 29.5 Å². The van der Waals surface area contributed by atoms with Crippen LogP contribution in [0.4, 0.5) is 0 Å². The molecule has 5 atom stereocenters. The average molecular weight is 1040 g/mol. The third-order valence-corrected chi connectivity index (χ3v) is 11.0. The van der Waals surface area contributed by atoms with E-state index in [2.05, 4.69) is 26.6 Å². The van der Waals surface area contributed by atoms with Crippen molar-refractivity contribution >= 4 is 65.2 Å². The molecule has 0 aliphatic carbocycles. The number of nitrogens with one attached hydrogen (secondary N) is 6. The first-order chi connectivity index (χ1) is 32.7. The fraction of sp³-hybridized carbons (Fsp3) is 0.766. The summed E-state index contributed by atoms with van der Waals surface area (Å²) in [5.74, 6) is -10.6. The number of ketones is 1. The Morgan fingerprint density at radius 2 is 0.643 bits per heavy atom. The van der Waals surface area contributed by atoms with Gasteiger partial charge in [0.15, 0.2) is 0 Å². The van der Waals surface area contributed by atoms with Gasteiger partial charge in [0.25, 0.3) is 0 Å². The minimum absolute atomic E-state index is 0. The number of carboxylic acids is 5. The molecule has 0 aromatic carbocycles. The molecule has 0 bridgehead atoms. The van der Waals surface area contributed by atoms with Crippen molar-refractivity contribution in [2.45, 2.75) is 224 Å². The minimum atomic E-state index is -1.63. The maximum absolute atomic E-state index is 12.6. The molecule has 70 heavy (non-hydrogen) atoms. The van der Waals surface area contributed by atoms with E-state index in [0.717, 1.165) is 70.6 Å². The number of rotatable bonds is 43. The van der Waals surface area contributed by atoms with Gasteiger partial charge in [-0.15, -0.1) is 0 Å². The Hall–Kier alpha value is -5.09. The molecule has 0 heterocycles. The molecule has 11 N–H and O–H groups in total. The maximum Gasteiger partial charge on any atom is 0.326 e. The van der Waals surface area contributed by atoms with Crippen LogP contribution in [0.2, 0.25) is 0 Å². The quantitative estimate of drug-likeness (QED) is 0.0358. The van der Waals surface area contributed by atoms with Gasteiger partial charge in [-0.05, 0) is 51.9 Å². The first-order valence-corrected chi connectivity index (χ1v) is 24.5. The van der Waals surface area contributed by atoms with E-state index in [1.165, 1.54) is 19.8 Å². The Morgan fingerprint density at radius 1 is 0.371 bits per heavy atom. The number of hydrogen-bond acceptors (Lipinski definition) is 11. The summed E-state index contributed by atoms with van der Waals surface area (Å²) in [6, 6.07) is -6.98. The Bertz CT molecular complexity index is 1600.